The highest BCUT2D eigenvalue weighted by Crippen LogP contribution is 2.38. The second-order valence-corrected chi connectivity index (χ2v) is 12.6. The van der Waals surface area contributed by atoms with Crippen LogP contribution in [0.1, 0.15) is 47.0 Å². The van der Waals surface area contributed by atoms with Crippen molar-refractivity contribution in [3.05, 3.63) is 161 Å². The van der Waals surface area contributed by atoms with E-state index in [9.17, 15) is 10.5 Å². The topological polar surface area (TPSA) is 57.4 Å². The van der Waals surface area contributed by atoms with Gasteiger partial charge >= 0.3 is 0 Å². The lowest BCUT2D eigenvalue weighted by Gasteiger charge is -2.16. The van der Waals surface area contributed by atoms with Crippen molar-refractivity contribution in [2.75, 3.05) is 0 Å². The predicted octanol–water partition coefficient (Wildman–Crippen LogP) is 11.0. The first-order valence-electron chi connectivity index (χ1n) is 16.8. The van der Waals surface area contributed by atoms with Gasteiger partial charge in [-0.25, -0.2) is 0 Å². The third-order valence-corrected chi connectivity index (χ3v) is 9.86. The Kier molecular flexibility index (Phi) is 7.56. The van der Waals surface area contributed by atoms with E-state index in [-0.39, 0.29) is 0 Å². The number of allylic oxidation sites excluding steroid dienone is 3. The minimum Gasteiger partial charge on any atom is -0.313 e. The van der Waals surface area contributed by atoms with Crippen LogP contribution in [0.2, 0.25) is 0 Å². The average Bonchev–Trinajstić information content (AvgIpc) is 3.48. The number of benzene rings is 5. The summed E-state index contributed by atoms with van der Waals surface area (Å²) in [5.74, 6) is 0. The maximum Gasteiger partial charge on any atom is 0.0998 e. The predicted molar refractivity (Wildman–Crippen MR) is 201 cm³/mol. The van der Waals surface area contributed by atoms with E-state index in [1.54, 1.807) is 0 Å². The smallest absolute Gasteiger partial charge is 0.0998 e. The molecule has 0 N–H and O–H groups in total. The van der Waals surface area contributed by atoms with Gasteiger partial charge in [0.2, 0.25) is 0 Å². The normalized spacial score (nSPS) is 12.7. The van der Waals surface area contributed by atoms with Crippen LogP contribution in [-0.2, 0) is 12.8 Å². The first kappa shape index (κ1) is 30.0. The first-order valence-corrected chi connectivity index (χ1v) is 16.8. The van der Waals surface area contributed by atoms with E-state index in [2.05, 4.69) is 125 Å². The zero-order chi connectivity index (χ0) is 33.5. The standard InChI is InChI=1S/C45H34N4/c1-3-11-37-30(2)48(44-19-10-14-35(29-47)45(37)44)43-25-20-31(28-46)26-40(43)34-13-9-12-33(27-34)32-21-23-36(24-22-32)49-41-17-6-4-5-15-38(41)39-16-7-8-18-42(39)49/h3-5,7-14,16,18-27H,6,15,17H2,1-2H3/b11-3-. The molecule has 1 aliphatic rings. The molecule has 0 fully saturated rings. The maximum absolute atomic E-state index is 10.00. The highest BCUT2D eigenvalue weighted by molar-refractivity contribution is 5.98. The maximum atomic E-state index is 10.00. The summed E-state index contributed by atoms with van der Waals surface area (Å²) in [7, 11) is 0. The largest absolute Gasteiger partial charge is 0.313 e. The van der Waals surface area contributed by atoms with Crippen LogP contribution < -0.4 is 0 Å². The molecule has 2 heterocycles. The molecule has 5 aromatic carbocycles. The molecule has 234 valence electrons. The van der Waals surface area contributed by atoms with Gasteiger partial charge in [-0.1, -0.05) is 78.9 Å². The molecule has 2 aromatic heterocycles. The second kappa shape index (κ2) is 12.3. The highest BCUT2D eigenvalue weighted by atomic mass is 15.0. The lowest BCUT2D eigenvalue weighted by molar-refractivity contribution is 0.896. The fraction of sp³-hybridized carbons (Fsp3) is 0.111. The Morgan fingerprint density at radius 3 is 2.33 bits per heavy atom. The van der Waals surface area contributed by atoms with Gasteiger partial charge in [0.25, 0.3) is 0 Å². The van der Waals surface area contributed by atoms with Gasteiger partial charge in [-0.15, -0.1) is 0 Å². The Balaban J connectivity index is 1.24. The molecule has 0 bridgehead atoms. The third kappa shape index (κ3) is 4.98. The minimum atomic E-state index is 0.599. The number of nitriles is 2. The summed E-state index contributed by atoms with van der Waals surface area (Å²) < 4.78 is 4.67. The van der Waals surface area contributed by atoms with Gasteiger partial charge in [0.15, 0.2) is 0 Å². The van der Waals surface area contributed by atoms with E-state index >= 15 is 0 Å². The summed E-state index contributed by atoms with van der Waals surface area (Å²) in [5, 5.41) is 22.2. The van der Waals surface area contributed by atoms with Gasteiger partial charge in [-0.05, 0) is 110 Å². The molecular formula is C45H34N4. The van der Waals surface area contributed by atoms with Crippen LogP contribution in [0.15, 0.2) is 127 Å². The van der Waals surface area contributed by atoms with Gasteiger partial charge in [0, 0.05) is 39.0 Å². The van der Waals surface area contributed by atoms with E-state index < -0.39 is 0 Å². The van der Waals surface area contributed by atoms with Crippen molar-refractivity contribution in [3.63, 3.8) is 0 Å². The highest BCUT2D eigenvalue weighted by Gasteiger charge is 2.21. The van der Waals surface area contributed by atoms with Gasteiger partial charge in [0.05, 0.1) is 40.0 Å². The molecular weight excluding hydrogens is 597 g/mol. The molecule has 7 aromatic rings. The number of nitrogens with zero attached hydrogens (tertiary/aromatic N) is 4. The molecule has 4 nitrogen and oxygen atoms in total. The number of fused-ring (bicyclic) bond motifs is 4. The molecule has 0 atom stereocenters. The molecule has 49 heavy (non-hydrogen) atoms. The van der Waals surface area contributed by atoms with Crippen molar-refractivity contribution in [1.82, 2.24) is 9.13 Å². The fourth-order valence-corrected chi connectivity index (χ4v) is 7.65. The number of aromatic nitrogens is 2. The lowest BCUT2D eigenvalue weighted by atomic mass is 9.96. The molecule has 1 aliphatic carbocycles. The molecule has 4 heteroatoms. The van der Waals surface area contributed by atoms with Crippen LogP contribution in [0, 0.1) is 29.6 Å². The van der Waals surface area contributed by atoms with Crippen LogP contribution in [-0.4, -0.2) is 9.13 Å². The quantitative estimate of drug-likeness (QED) is 0.178. The molecule has 0 radical (unpaired) electrons. The SMILES string of the molecule is C/C=C\c1c(C)n(-c2ccc(C#N)cc2-c2cccc(-c3ccc(-n4c5c(c6ccccc64)CC=CCC5)cc3)c2)c2cccc(C#N)c12. The van der Waals surface area contributed by atoms with Crippen LogP contribution in [0.25, 0.3) is 61.5 Å². The third-order valence-electron chi connectivity index (χ3n) is 9.86. The van der Waals surface area contributed by atoms with Crippen molar-refractivity contribution in [1.29, 1.82) is 10.5 Å². The van der Waals surface area contributed by atoms with E-state index in [4.69, 9.17) is 0 Å². The Morgan fingerprint density at radius 2 is 1.51 bits per heavy atom. The van der Waals surface area contributed by atoms with Gasteiger partial charge in [0.1, 0.15) is 0 Å². The summed E-state index contributed by atoms with van der Waals surface area (Å²) in [6.07, 6.45) is 11.8. The van der Waals surface area contributed by atoms with Crippen molar-refractivity contribution in [2.24, 2.45) is 0 Å². The zero-order valence-electron chi connectivity index (χ0n) is 27.6. The summed E-state index contributed by atoms with van der Waals surface area (Å²) in [6.45, 7) is 4.09. The lowest BCUT2D eigenvalue weighted by Crippen LogP contribution is -2.01. The van der Waals surface area contributed by atoms with Crippen molar-refractivity contribution < 1.29 is 0 Å². The molecule has 0 spiro atoms. The number of hydrogen-bond acceptors (Lipinski definition) is 2. The van der Waals surface area contributed by atoms with Crippen molar-refractivity contribution >= 4 is 27.9 Å². The fourth-order valence-electron chi connectivity index (χ4n) is 7.65. The van der Waals surface area contributed by atoms with Gasteiger partial charge in [-0.3, -0.25) is 0 Å². The monoisotopic (exact) mass is 630 g/mol. The van der Waals surface area contributed by atoms with Crippen molar-refractivity contribution in [3.8, 4) is 45.8 Å². The van der Waals surface area contributed by atoms with Gasteiger partial charge < -0.3 is 9.13 Å². The molecule has 0 amide bonds. The summed E-state index contributed by atoms with van der Waals surface area (Å²) in [5.41, 5.74) is 14.7. The summed E-state index contributed by atoms with van der Waals surface area (Å²) >= 11 is 0. The van der Waals surface area contributed by atoms with E-state index in [1.165, 1.54) is 27.8 Å². The minimum absolute atomic E-state index is 0.599. The van der Waals surface area contributed by atoms with E-state index in [1.807, 2.05) is 43.3 Å². The zero-order valence-corrected chi connectivity index (χ0v) is 27.6. The Labute approximate surface area is 286 Å². The molecule has 0 aliphatic heterocycles. The van der Waals surface area contributed by atoms with Crippen LogP contribution >= 0.6 is 0 Å². The van der Waals surface area contributed by atoms with Gasteiger partial charge in [-0.2, -0.15) is 10.5 Å². The number of para-hydroxylation sites is 1. The van der Waals surface area contributed by atoms with Crippen LogP contribution in [0.3, 0.4) is 0 Å². The molecule has 0 saturated heterocycles. The number of hydrogen-bond donors (Lipinski definition) is 0. The molecule has 0 unspecified atom stereocenters. The van der Waals surface area contributed by atoms with Crippen molar-refractivity contribution in [2.45, 2.75) is 33.1 Å². The Morgan fingerprint density at radius 1 is 0.714 bits per heavy atom. The second-order valence-electron chi connectivity index (χ2n) is 12.6. The van der Waals surface area contributed by atoms with E-state index in [0.717, 1.165) is 69.4 Å². The summed E-state index contributed by atoms with van der Waals surface area (Å²) in [6, 6.07) is 42.7. The average molecular weight is 631 g/mol. The van der Waals surface area contributed by atoms with Crippen LogP contribution in [0.4, 0.5) is 0 Å². The number of rotatable bonds is 5. The molecule has 8 rings (SSSR count). The molecule has 0 saturated carbocycles. The Bertz CT molecular complexity index is 2560. The summed E-state index contributed by atoms with van der Waals surface area (Å²) in [4.78, 5) is 0. The van der Waals surface area contributed by atoms with E-state index in [0.29, 0.717) is 11.1 Å². The Hall–Kier alpha value is -6.36. The van der Waals surface area contributed by atoms with Crippen LogP contribution in [0.5, 0.6) is 0 Å². The first-order chi connectivity index (χ1) is 24.1.